The number of esters is 1. The Morgan fingerprint density at radius 1 is 0.878 bits per heavy atom. The summed E-state index contributed by atoms with van der Waals surface area (Å²) in [5.41, 5.74) is 2.08. The first kappa shape index (κ1) is 34.0. The summed E-state index contributed by atoms with van der Waals surface area (Å²) in [7, 11) is 2.26. The number of ether oxygens (including phenoxy) is 2. The van der Waals surface area contributed by atoms with E-state index in [1.165, 1.54) is 107 Å². The van der Waals surface area contributed by atoms with Gasteiger partial charge in [0.2, 0.25) is 6.23 Å². The van der Waals surface area contributed by atoms with E-state index in [0.29, 0.717) is 24.8 Å². The molecule has 1 saturated carbocycles. The smallest absolute Gasteiger partial charge is 0.310 e. The Labute approximate surface area is 255 Å². The molecule has 2 unspecified atom stereocenters. The summed E-state index contributed by atoms with van der Waals surface area (Å²) < 4.78 is 22.1. The van der Waals surface area contributed by atoms with E-state index in [1.807, 2.05) is 0 Å². The van der Waals surface area contributed by atoms with E-state index in [9.17, 15) is 4.79 Å². The summed E-state index contributed by atoms with van der Waals surface area (Å²) in [4.78, 5) is 12.9. The predicted octanol–water partition coefficient (Wildman–Crippen LogP) is 9.49. The van der Waals surface area contributed by atoms with Crippen molar-refractivity contribution in [2.75, 3.05) is 26.7 Å². The lowest BCUT2D eigenvalue weighted by Gasteiger charge is -2.43. The number of hydrogen-bond donors (Lipinski definition) is 0. The second-order valence-corrected chi connectivity index (χ2v) is 13.4. The van der Waals surface area contributed by atoms with Crippen LogP contribution in [-0.2, 0) is 9.53 Å². The second kappa shape index (κ2) is 19.7. The molecule has 0 radical (unpaired) electrons. The van der Waals surface area contributed by atoms with Crippen molar-refractivity contribution in [3.05, 3.63) is 11.8 Å². The lowest BCUT2D eigenvalue weighted by molar-refractivity contribution is -0.949. The van der Waals surface area contributed by atoms with Gasteiger partial charge < -0.3 is 9.47 Å². The van der Waals surface area contributed by atoms with Gasteiger partial charge in [0.05, 0.1) is 31.9 Å². The van der Waals surface area contributed by atoms with E-state index < -0.39 is 0 Å². The maximum absolute atomic E-state index is 12.9. The van der Waals surface area contributed by atoms with Gasteiger partial charge in [-0.15, -0.1) is 4.37 Å². The molecule has 1 aliphatic carbocycles. The van der Waals surface area contributed by atoms with Crippen molar-refractivity contribution in [2.24, 2.45) is 5.92 Å². The molecule has 2 aliphatic rings. The van der Waals surface area contributed by atoms with Gasteiger partial charge in [0.15, 0.2) is 0 Å². The van der Waals surface area contributed by atoms with Crippen LogP contribution in [0.5, 0.6) is 5.88 Å². The third-order valence-electron chi connectivity index (χ3n) is 8.94. The van der Waals surface area contributed by atoms with Crippen molar-refractivity contribution >= 4 is 23.3 Å². The number of unbranched alkanes of at least 4 members (excludes halogenated alkanes) is 15. The fraction of sp³-hybridized carbons (Fsp3) is 0.853. The van der Waals surface area contributed by atoms with Gasteiger partial charge in [-0.3, -0.25) is 9.28 Å². The monoisotopic (exact) mass is 590 g/mol. The number of carbonyl (C=O) groups is 1. The van der Waals surface area contributed by atoms with Gasteiger partial charge in [-0.05, 0) is 25.7 Å². The molecule has 2 atom stereocenters. The molecular formula is C34H60N3O3S+. The Kier molecular flexibility index (Phi) is 16.3. The van der Waals surface area contributed by atoms with Crippen molar-refractivity contribution in [2.45, 2.75) is 155 Å². The quantitative estimate of drug-likeness (QED) is 0.0682. The van der Waals surface area contributed by atoms with Crippen LogP contribution in [0.2, 0.25) is 0 Å². The van der Waals surface area contributed by atoms with Crippen molar-refractivity contribution in [1.82, 2.24) is 8.75 Å². The van der Waals surface area contributed by atoms with Gasteiger partial charge in [0, 0.05) is 24.3 Å². The summed E-state index contributed by atoms with van der Waals surface area (Å²) in [5.74, 6) is 1.15. The van der Waals surface area contributed by atoms with Crippen molar-refractivity contribution < 1.29 is 18.8 Å². The lowest BCUT2D eigenvalue weighted by Crippen LogP contribution is -2.57. The zero-order chi connectivity index (χ0) is 29.2. The van der Waals surface area contributed by atoms with Crippen LogP contribution in [0.3, 0.4) is 0 Å². The fourth-order valence-electron chi connectivity index (χ4n) is 6.22. The van der Waals surface area contributed by atoms with Gasteiger partial charge in [-0.2, -0.15) is 4.37 Å². The van der Waals surface area contributed by atoms with E-state index in [0.717, 1.165) is 61.8 Å². The molecule has 0 saturated heterocycles. The van der Waals surface area contributed by atoms with Crippen LogP contribution >= 0.6 is 11.7 Å². The Bertz CT molecular complexity index is 884. The molecule has 0 N–H and O–H groups in total. The summed E-state index contributed by atoms with van der Waals surface area (Å²) in [6.07, 6.45) is 27.9. The van der Waals surface area contributed by atoms with E-state index in [-0.39, 0.29) is 12.2 Å². The number of rotatable bonds is 24. The molecule has 1 aromatic rings. The molecule has 7 heteroatoms. The maximum atomic E-state index is 12.9. The Balaban J connectivity index is 1.35. The predicted molar refractivity (Wildman–Crippen MR) is 171 cm³/mol. The Hall–Kier alpha value is -1.47. The molecule has 234 valence electrons. The highest BCUT2D eigenvalue weighted by Gasteiger charge is 2.48. The van der Waals surface area contributed by atoms with E-state index in [1.54, 1.807) is 0 Å². The number of hydrogen-bond acceptors (Lipinski definition) is 6. The summed E-state index contributed by atoms with van der Waals surface area (Å²) in [5, 5.41) is 0. The van der Waals surface area contributed by atoms with Gasteiger partial charge in [-0.1, -0.05) is 116 Å². The van der Waals surface area contributed by atoms with E-state index in [4.69, 9.17) is 9.47 Å². The highest BCUT2D eigenvalue weighted by molar-refractivity contribution is 6.99. The van der Waals surface area contributed by atoms with Crippen molar-refractivity contribution in [1.29, 1.82) is 0 Å². The first-order valence-corrected chi connectivity index (χ1v) is 18.0. The number of carbonyl (C=O) groups excluding carboxylic acids is 1. The Morgan fingerprint density at radius 2 is 1.46 bits per heavy atom. The molecule has 6 nitrogen and oxygen atoms in total. The largest absolute Gasteiger partial charge is 0.475 e. The average molecular weight is 591 g/mol. The van der Waals surface area contributed by atoms with Gasteiger partial charge in [0.25, 0.3) is 5.88 Å². The SMILES string of the molecule is CCCCCCCCCCCCCCCC(=O)OC(C1CC1)[N+]1(C)CCC=C(c2nsnc2OCCCCCC)C1. The van der Waals surface area contributed by atoms with Crippen LogP contribution < -0.4 is 4.74 Å². The molecule has 41 heavy (non-hydrogen) atoms. The van der Waals surface area contributed by atoms with Crippen LogP contribution in [-0.4, -0.2) is 52.2 Å². The minimum Gasteiger partial charge on any atom is -0.475 e. The fourth-order valence-corrected chi connectivity index (χ4v) is 6.75. The average Bonchev–Trinajstić information content (AvgIpc) is 3.70. The van der Waals surface area contributed by atoms with Crippen molar-refractivity contribution in [3.8, 4) is 5.88 Å². The molecule has 1 fully saturated rings. The molecule has 0 amide bonds. The Morgan fingerprint density at radius 3 is 2.07 bits per heavy atom. The number of likely N-dealkylation sites (N-methyl/N-ethyl adjacent to an activating group) is 1. The van der Waals surface area contributed by atoms with Gasteiger partial charge in [-0.25, -0.2) is 0 Å². The third kappa shape index (κ3) is 12.7. The summed E-state index contributed by atoms with van der Waals surface area (Å²) >= 11 is 1.23. The first-order chi connectivity index (χ1) is 20.1. The molecule has 0 spiro atoms. The van der Waals surface area contributed by atoms with Crippen LogP contribution in [0.1, 0.15) is 154 Å². The van der Waals surface area contributed by atoms with E-state index in [2.05, 4.69) is 35.7 Å². The van der Waals surface area contributed by atoms with Crippen LogP contribution in [0.15, 0.2) is 6.08 Å². The second-order valence-electron chi connectivity index (χ2n) is 12.9. The summed E-state index contributed by atoms with van der Waals surface area (Å²) in [6.45, 7) is 6.99. The van der Waals surface area contributed by atoms with E-state index >= 15 is 0 Å². The third-order valence-corrected chi connectivity index (χ3v) is 9.45. The van der Waals surface area contributed by atoms with Crippen LogP contribution in [0, 0.1) is 5.92 Å². The lowest BCUT2D eigenvalue weighted by atomic mass is 10.0. The maximum Gasteiger partial charge on any atom is 0.310 e. The van der Waals surface area contributed by atoms with Crippen molar-refractivity contribution in [3.63, 3.8) is 0 Å². The van der Waals surface area contributed by atoms with Gasteiger partial charge >= 0.3 is 5.97 Å². The molecule has 1 aliphatic heterocycles. The highest BCUT2D eigenvalue weighted by atomic mass is 32.1. The molecule has 3 rings (SSSR count). The minimum atomic E-state index is -0.0572. The molecule has 2 heterocycles. The molecule has 0 aromatic carbocycles. The number of nitrogens with zero attached hydrogens (tertiary/aromatic N) is 3. The number of aromatic nitrogens is 2. The molecule has 1 aromatic heterocycles. The zero-order valence-corrected chi connectivity index (χ0v) is 27.5. The first-order valence-electron chi connectivity index (χ1n) is 17.3. The number of quaternary nitrogens is 1. The molecular weight excluding hydrogens is 530 g/mol. The zero-order valence-electron chi connectivity index (χ0n) is 26.7. The molecule has 0 bridgehead atoms. The summed E-state index contributed by atoms with van der Waals surface area (Å²) in [6, 6.07) is 0. The van der Waals surface area contributed by atoms with Crippen LogP contribution in [0.4, 0.5) is 0 Å². The normalized spacial score (nSPS) is 19.6. The topological polar surface area (TPSA) is 61.3 Å². The minimum absolute atomic E-state index is 0.00754. The standard InChI is InChI=1S/C34H60N3O3S/c1-4-6-8-10-11-12-13-14-15-16-17-18-19-23-31(38)40-34(29-24-25-29)37(3)26-21-22-30(28-37)32-33(36-41-35-32)39-27-20-9-7-5-2/h22,29,34H,4-21,23-28H2,1-3H3/q+1. The van der Waals surface area contributed by atoms with Crippen LogP contribution in [0.25, 0.3) is 5.57 Å². The highest BCUT2D eigenvalue weighted by Crippen LogP contribution is 2.41. The van der Waals surface area contributed by atoms with Gasteiger partial charge in [0.1, 0.15) is 12.2 Å².